The Labute approximate surface area is 210 Å². The van der Waals surface area contributed by atoms with Crippen molar-refractivity contribution in [3.8, 4) is 0 Å². The van der Waals surface area contributed by atoms with Crippen LogP contribution < -0.4 is 5.32 Å². The lowest BCUT2D eigenvalue weighted by Gasteiger charge is -2.16. The maximum absolute atomic E-state index is 13.1. The highest BCUT2D eigenvalue weighted by molar-refractivity contribution is 7.91. The highest BCUT2D eigenvalue weighted by atomic mass is 32.2. The summed E-state index contributed by atoms with van der Waals surface area (Å²) in [6.07, 6.45) is 2.32. The lowest BCUT2D eigenvalue weighted by Crippen LogP contribution is -2.19. The number of aliphatic carboxylic acids is 1. The van der Waals surface area contributed by atoms with E-state index in [2.05, 4.69) is 10.3 Å². The minimum Gasteiger partial charge on any atom is -0.481 e. The summed E-state index contributed by atoms with van der Waals surface area (Å²) in [5.74, 6) is -1.24. The van der Waals surface area contributed by atoms with Gasteiger partial charge in [-0.25, -0.2) is 13.4 Å². The largest absolute Gasteiger partial charge is 0.481 e. The minimum atomic E-state index is -3.67. The third kappa shape index (κ3) is 6.88. The van der Waals surface area contributed by atoms with Gasteiger partial charge in [-0.15, -0.1) is 0 Å². The van der Waals surface area contributed by atoms with Crippen LogP contribution in [0.25, 0.3) is 0 Å². The van der Waals surface area contributed by atoms with Crippen molar-refractivity contribution in [2.75, 3.05) is 5.75 Å². The Kier molecular flexibility index (Phi) is 7.95. The zero-order chi connectivity index (χ0) is 25.5. The fourth-order valence-electron chi connectivity index (χ4n) is 4.26. The average Bonchev–Trinajstić information content (AvgIpc) is 3.27. The van der Waals surface area contributed by atoms with Crippen molar-refractivity contribution >= 4 is 33.2 Å². The van der Waals surface area contributed by atoms with Gasteiger partial charge in [0.1, 0.15) is 5.84 Å². The molecular formula is C28H28N2O5S. The molecule has 0 aliphatic carbocycles. The van der Waals surface area contributed by atoms with E-state index in [1.807, 2.05) is 30.3 Å². The molecule has 1 saturated heterocycles. The van der Waals surface area contributed by atoms with Gasteiger partial charge in [0.05, 0.1) is 22.8 Å². The first-order valence-corrected chi connectivity index (χ1v) is 13.5. The minimum absolute atomic E-state index is 0.00663. The van der Waals surface area contributed by atoms with Gasteiger partial charge in [0.15, 0.2) is 9.84 Å². The molecule has 1 aliphatic heterocycles. The fraction of sp³-hybridized carbons (Fsp3) is 0.250. The van der Waals surface area contributed by atoms with E-state index in [1.165, 1.54) is 0 Å². The summed E-state index contributed by atoms with van der Waals surface area (Å²) in [7, 11) is -3.67. The number of hydrogen-bond acceptors (Lipinski definition) is 5. The molecule has 1 atom stereocenters. The molecule has 3 aromatic carbocycles. The van der Waals surface area contributed by atoms with E-state index in [1.54, 1.807) is 48.5 Å². The topological polar surface area (TPSA) is 113 Å². The number of amidine groups is 1. The van der Waals surface area contributed by atoms with Crippen LogP contribution in [0.1, 0.15) is 41.9 Å². The third-order valence-corrected chi connectivity index (χ3v) is 7.98. The third-order valence-electron chi connectivity index (χ3n) is 6.14. The molecule has 1 amide bonds. The number of sulfone groups is 1. The number of amides is 1. The molecule has 0 saturated carbocycles. The summed E-state index contributed by atoms with van der Waals surface area (Å²) in [4.78, 5) is 27.4. The molecule has 0 radical (unpaired) electrons. The number of benzene rings is 3. The molecule has 1 unspecified atom stereocenters. The van der Waals surface area contributed by atoms with E-state index in [4.69, 9.17) is 0 Å². The molecule has 36 heavy (non-hydrogen) atoms. The molecule has 0 bridgehead atoms. The van der Waals surface area contributed by atoms with E-state index < -0.39 is 21.7 Å². The van der Waals surface area contributed by atoms with E-state index in [0.717, 1.165) is 29.7 Å². The number of nitrogens with zero attached hydrogens (tertiary/aromatic N) is 1. The van der Waals surface area contributed by atoms with Crippen LogP contribution in [-0.2, 0) is 32.3 Å². The average molecular weight is 505 g/mol. The smallest absolute Gasteiger partial charge is 0.303 e. The maximum atomic E-state index is 13.1. The zero-order valence-corrected chi connectivity index (χ0v) is 20.6. The van der Waals surface area contributed by atoms with Crippen molar-refractivity contribution in [3.05, 3.63) is 95.6 Å². The number of carboxylic acids is 1. The monoisotopic (exact) mass is 504 g/mol. The van der Waals surface area contributed by atoms with E-state index in [9.17, 15) is 23.1 Å². The number of carboxylic acid groups (broad SMARTS) is 1. The molecule has 3 aromatic rings. The van der Waals surface area contributed by atoms with Crippen molar-refractivity contribution < 1.29 is 23.1 Å². The predicted molar refractivity (Wildman–Crippen MR) is 138 cm³/mol. The number of nitrogens with one attached hydrogen (secondary N) is 1. The first-order valence-electron chi connectivity index (χ1n) is 11.8. The second-order valence-corrected chi connectivity index (χ2v) is 10.9. The molecular weight excluding hydrogens is 476 g/mol. The summed E-state index contributed by atoms with van der Waals surface area (Å²) in [6, 6.07) is 23.5. The molecule has 0 spiro atoms. The number of aliphatic imine (C=N–C) groups is 1. The van der Waals surface area contributed by atoms with Crippen molar-refractivity contribution in [1.82, 2.24) is 5.32 Å². The van der Waals surface area contributed by atoms with Crippen LogP contribution in [0.5, 0.6) is 0 Å². The van der Waals surface area contributed by atoms with Gasteiger partial charge in [0.25, 0.3) is 0 Å². The predicted octanol–water partition coefficient (Wildman–Crippen LogP) is 4.44. The Hall–Kier alpha value is -3.78. The number of carbonyl (C=O) groups excluding carboxylic acids is 1. The Bertz CT molecular complexity index is 1370. The van der Waals surface area contributed by atoms with Crippen LogP contribution in [0.3, 0.4) is 0 Å². The number of carbonyl (C=O) groups is 2. The van der Waals surface area contributed by atoms with Crippen LogP contribution in [0, 0.1) is 0 Å². The van der Waals surface area contributed by atoms with Crippen molar-refractivity contribution in [3.63, 3.8) is 0 Å². The summed E-state index contributed by atoms with van der Waals surface area (Å²) in [6.45, 7) is 0. The van der Waals surface area contributed by atoms with Crippen LogP contribution in [-0.4, -0.2) is 37.0 Å². The summed E-state index contributed by atoms with van der Waals surface area (Å²) in [5.41, 5.74) is 3.58. The Balaban J connectivity index is 1.40. The van der Waals surface area contributed by atoms with Crippen molar-refractivity contribution in [2.24, 2.45) is 4.99 Å². The molecule has 186 valence electrons. The summed E-state index contributed by atoms with van der Waals surface area (Å²) >= 11 is 0. The summed E-state index contributed by atoms with van der Waals surface area (Å²) in [5, 5.41) is 12.0. The zero-order valence-electron chi connectivity index (χ0n) is 19.8. The molecule has 8 heteroatoms. The van der Waals surface area contributed by atoms with Crippen LogP contribution >= 0.6 is 0 Å². The van der Waals surface area contributed by atoms with Crippen LogP contribution in [0.15, 0.2) is 88.8 Å². The van der Waals surface area contributed by atoms with E-state index in [0.29, 0.717) is 24.2 Å². The van der Waals surface area contributed by atoms with Gasteiger partial charge >= 0.3 is 5.97 Å². The summed E-state index contributed by atoms with van der Waals surface area (Å²) < 4.78 is 26.1. The maximum Gasteiger partial charge on any atom is 0.303 e. The van der Waals surface area contributed by atoms with E-state index >= 15 is 0 Å². The Morgan fingerprint density at radius 2 is 1.64 bits per heavy atom. The van der Waals surface area contributed by atoms with Crippen molar-refractivity contribution in [2.45, 2.75) is 42.9 Å². The highest BCUT2D eigenvalue weighted by Gasteiger charge is 2.25. The molecule has 1 fully saturated rings. The quantitative estimate of drug-likeness (QED) is 0.424. The lowest BCUT2D eigenvalue weighted by atomic mass is 9.98. The molecule has 0 aromatic heterocycles. The standard InChI is InChI=1S/C28H28N2O5S/c31-27-16-15-26(30-27)29-24-8-4-5-21(17-24)10-9-20-11-13-25(14-12-20)36(34,35)19-23(18-28(32)33)22-6-2-1-3-7-22/h1-8,11-14,17,23H,9-10,15-16,18-19H2,(H,32,33)(H,29,30,31). The number of rotatable bonds is 10. The van der Waals surface area contributed by atoms with Crippen molar-refractivity contribution in [1.29, 1.82) is 0 Å². The van der Waals surface area contributed by atoms with Gasteiger partial charge < -0.3 is 10.4 Å². The molecule has 2 N–H and O–H groups in total. The SMILES string of the molecule is O=C(O)CC(CS(=O)(=O)c1ccc(CCc2cccc(N=C3CCC(=O)N3)c2)cc1)c1ccccc1. The van der Waals surface area contributed by atoms with Gasteiger partial charge in [0.2, 0.25) is 5.91 Å². The van der Waals surface area contributed by atoms with Gasteiger partial charge in [-0.05, 0) is 53.8 Å². The fourth-order valence-corrected chi connectivity index (χ4v) is 5.84. The van der Waals surface area contributed by atoms with Crippen LogP contribution in [0.4, 0.5) is 5.69 Å². The molecule has 1 heterocycles. The highest BCUT2D eigenvalue weighted by Crippen LogP contribution is 2.26. The van der Waals surface area contributed by atoms with Gasteiger partial charge in [-0.3, -0.25) is 9.59 Å². The number of hydrogen-bond donors (Lipinski definition) is 2. The first-order chi connectivity index (χ1) is 17.3. The second-order valence-electron chi connectivity index (χ2n) is 8.91. The molecule has 7 nitrogen and oxygen atoms in total. The van der Waals surface area contributed by atoms with Gasteiger partial charge in [0, 0.05) is 18.8 Å². The molecule has 4 rings (SSSR count). The van der Waals surface area contributed by atoms with Gasteiger partial charge in [-0.2, -0.15) is 0 Å². The van der Waals surface area contributed by atoms with Crippen LogP contribution in [0.2, 0.25) is 0 Å². The normalized spacial score (nSPS) is 15.6. The van der Waals surface area contributed by atoms with E-state index in [-0.39, 0.29) is 23.0 Å². The number of aryl methyl sites for hydroxylation is 2. The van der Waals surface area contributed by atoms with Gasteiger partial charge in [-0.1, -0.05) is 54.6 Å². The Morgan fingerprint density at radius 1 is 0.917 bits per heavy atom. The first kappa shape index (κ1) is 25.3. The molecule has 1 aliphatic rings. The second kappa shape index (κ2) is 11.3. The lowest BCUT2D eigenvalue weighted by molar-refractivity contribution is -0.137. The Morgan fingerprint density at radius 3 is 2.31 bits per heavy atom.